The molecule has 1 amide bonds. The number of halogens is 2. The Bertz CT molecular complexity index is 278. The molecule has 2 rings (SSSR count). The van der Waals surface area contributed by atoms with Crippen LogP contribution < -0.4 is 10.6 Å². The van der Waals surface area contributed by atoms with Crippen LogP contribution in [0, 0.1) is 0 Å². The molecule has 5 nitrogen and oxygen atoms in total. The van der Waals surface area contributed by atoms with E-state index in [4.69, 9.17) is 0 Å². The molecule has 0 radical (unpaired) electrons. The molecule has 0 aromatic heterocycles. The van der Waals surface area contributed by atoms with Crippen LogP contribution in [0.4, 0.5) is 0 Å². The van der Waals surface area contributed by atoms with E-state index in [0.717, 1.165) is 65.1 Å². The molecule has 0 aromatic carbocycles. The summed E-state index contributed by atoms with van der Waals surface area (Å²) in [5.41, 5.74) is 0. The minimum absolute atomic E-state index is 0. The Morgan fingerprint density at radius 1 is 1.10 bits per heavy atom. The largest absolute Gasteiger partial charge is 0.352 e. The van der Waals surface area contributed by atoms with Crippen LogP contribution in [0.2, 0.25) is 0 Å². The number of nitrogens with zero attached hydrogens (tertiary/aromatic N) is 2. The average Bonchev–Trinajstić information content (AvgIpc) is 2.68. The van der Waals surface area contributed by atoms with Crippen LogP contribution in [0.5, 0.6) is 0 Å². The molecule has 7 heteroatoms. The number of carbonyl (C=O) groups is 1. The SMILES string of the molecule is CCN1CCC(NC(=O)CN2CCCNCC2)CC1.Cl.Cl. The highest BCUT2D eigenvalue weighted by molar-refractivity contribution is 5.85. The number of hydrogen-bond acceptors (Lipinski definition) is 4. The normalized spacial score (nSPS) is 21.8. The number of hydrogen-bond donors (Lipinski definition) is 2. The van der Waals surface area contributed by atoms with E-state index >= 15 is 0 Å². The Kier molecular flexibility index (Phi) is 11.5. The smallest absolute Gasteiger partial charge is 0.234 e. The van der Waals surface area contributed by atoms with Crippen LogP contribution in [0.1, 0.15) is 26.2 Å². The molecule has 21 heavy (non-hydrogen) atoms. The van der Waals surface area contributed by atoms with Crippen molar-refractivity contribution in [3.63, 3.8) is 0 Å². The molecule has 0 saturated carbocycles. The van der Waals surface area contributed by atoms with Crippen LogP contribution in [-0.4, -0.2) is 74.1 Å². The lowest BCUT2D eigenvalue weighted by Gasteiger charge is -2.32. The number of piperidine rings is 1. The summed E-state index contributed by atoms with van der Waals surface area (Å²) >= 11 is 0. The molecule has 0 aliphatic carbocycles. The summed E-state index contributed by atoms with van der Waals surface area (Å²) < 4.78 is 0. The zero-order chi connectivity index (χ0) is 13.5. The van der Waals surface area contributed by atoms with Crippen LogP contribution in [0.3, 0.4) is 0 Å². The van der Waals surface area contributed by atoms with Gasteiger partial charge in [-0.15, -0.1) is 24.8 Å². The van der Waals surface area contributed by atoms with Crippen molar-refractivity contribution >= 4 is 30.7 Å². The fraction of sp³-hybridized carbons (Fsp3) is 0.929. The number of likely N-dealkylation sites (tertiary alicyclic amines) is 1. The van der Waals surface area contributed by atoms with Gasteiger partial charge < -0.3 is 15.5 Å². The Morgan fingerprint density at radius 2 is 1.81 bits per heavy atom. The van der Waals surface area contributed by atoms with Crippen molar-refractivity contribution < 1.29 is 4.79 Å². The highest BCUT2D eigenvalue weighted by atomic mass is 35.5. The molecule has 2 saturated heterocycles. The van der Waals surface area contributed by atoms with Gasteiger partial charge in [0.2, 0.25) is 5.91 Å². The van der Waals surface area contributed by atoms with Crippen molar-refractivity contribution in [1.82, 2.24) is 20.4 Å². The molecule has 126 valence electrons. The Balaban J connectivity index is 0.00000200. The van der Waals surface area contributed by atoms with E-state index in [9.17, 15) is 4.79 Å². The second-order valence-corrected chi connectivity index (χ2v) is 5.66. The molecule has 2 aliphatic heterocycles. The van der Waals surface area contributed by atoms with Gasteiger partial charge in [0, 0.05) is 32.2 Å². The summed E-state index contributed by atoms with van der Waals surface area (Å²) in [5, 5.41) is 6.57. The third-order valence-corrected chi connectivity index (χ3v) is 4.20. The minimum atomic E-state index is 0. The van der Waals surface area contributed by atoms with Gasteiger partial charge in [0.1, 0.15) is 0 Å². The fourth-order valence-electron chi connectivity index (χ4n) is 2.93. The van der Waals surface area contributed by atoms with Gasteiger partial charge in [-0.2, -0.15) is 0 Å². The van der Waals surface area contributed by atoms with Crippen LogP contribution >= 0.6 is 24.8 Å². The summed E-state index contributed by atoms with van der Waals surface area (Å²) in [6, 6.07) is 0.389. The third-order valence-electron chi connectivity index (χ3n) is 4.20. The summed E-state index contributed by atoms with van der Waals surface area (Å²) in [4.78, 5) is 16.8. The van der Waals surface area contributed by atoms with Crippen LogP contribution in [-0.2, 0) is 4.79 Å². The van der Waals surface area contributed by atoms with Gasteiger partial charge >= 0.3 is 0 Å². The third kappa shape index (κ3) is 7.66. The second kappa shape index (κ2) is 11.5. The lowest BCUT2D eigenvalue weighted by atomic mass is 10.1. The van der Waals surface area contributed by atoms with Gasteiger partial charge in [-0.05, 0) is 38.9 Å². The molecular formula is C14H30Cl2N4O. The van der Waals surface area contributed by atoms with Crippen LogP contribution in [0.15, 0.2) is 0 Å². The second-order valence-electron chi connectivity index (χ2n) is 5.66. The quantitative estimate of drug-likeness (QED) is 0.791. The molecule has 0 spiro atoms. The van der Waals surface area contributed by atoms with Gasteiger partial charge in [-0.1, -0.05) is 6.92 Å². The number of nitrogens with one attached hydrogen (secondary N) is 2. The first-order valence-corrected chi connectivity index (χ1v) is 7.72. The minimum Gasteiger partial charge on any atom is -0.352 e. The lowest BCUT2D eigenvalue weighted by molar-refractivity contribution is -0.123. The zero-order valence-corrected chi connectivity index (χ0v) is 14.6. The fourth-order valence-corrected chi connectivity index (χ4v) is 2.93. The van der Waals surface area contributed by atoms with Crippen molar-refractivity contribution in [2.45, 2.75) is 32.2 Å². The maximum absolute atomic E-state index is 12.1. The molecular weight excluding hydrogens is 311 g/mol. The van der Waals surface area contributed by atoms with E-state index in [-0.39, 0.29) is 30.7 Å². The highest BCUT2D eigenvalue weighted by Crippen LogP contribution is 2.09. The van der Waals surface area contributed by atoms with E-state index in [2.05, 4.69) is 27.4 Å². The molecule has 2 aliphatic rings. The number of carbonyl (C=O) groups excluding carboxylic acids is 1. The monoisotopic (exact) mass is 340 g/mol. The molecule has 0 aromatic rings. The zero-order valence-electron chi connectivity index (χ0n) is 13.0. The molecule has 0 bridgehead atoms. The predicted molar refractivity (Wildman–Crippen MR) is 91.7 cm³/mol. The van der Waals surface area contributed by atoms with Crippen LogP contribution in [0.25, 0.3) is 0 Å². The van der Waals surface area contributed by atoms with E-state index in [1.54, 1.807) is 0 Å². The molecule has 0 atom stereocenters. The molecule has 2 heterocycles. The highest BCUT2D eigenvalue weighted by Gasteiger charge is 2.20. The van der Waals surface area contributed by atoms with E-state index in [1.165, 1.54) is 0 Å². The van der Waals surface area contributed by atoms with Crippen molar-refractivity contribution in [2.24, 2.45) is 0 Å². The van der Waals surface area contributed by atoms with E-state index < -0.39 is 0 Å². The van der Waals surface area contributed by atoms with Crippen molar-refractivity contribution in [2.75, 3.05) is 52.4 Å². The standard InChI is InChI=1S/C14H28N4O.2ClH/c1-2-17-9-4-13(5-10-17)16-14(19)12-18-8-3-6-15-7-11-18;;/h13,15H,2-12H2,1H3,(H,16,19);2*1H. The number of amides is 1. The Morgan fingerprint density at radius 3 is 2.48 bits per heavy atom. The van der Waals surface area contributed by atoms with Gasteiger partial charge in [-0.3, -0.25) is 9.69 Å². The first-order valence-electron chi connectivity index (χ1n) is 7.72. The number of rotatable bonds is 4. The summed E-state index contributed by atoms with van der Waals surface area (Å²) in [7, 11) is 0. The van der Waals surface area contributed by atoms with Crippen molar-refractivity contribution in [1.29, 1.82) is 0 Å². The van der Waals surface area contributed by atoms with Crippen molar-refractivity contribution in [3.8, 4) is 0 Å². The predicted octanol–water partition coefficient (Wildman–Crippen LogP) is 0.726. The van der Waals surface area contributed by atoms with Gasteiger partial charge in [0.15, 0.2) is 0 Å². The first kappa shape index (κ1) is 20.9. The maximum atomic E-state index is 12.1. The van der Waals surface area contributed by atoms with E-state index in [1.807, 2.05) is 0 Å². The summed E-state index contributed by atoms with van der Waals surface area (Å²) in [6.07, 6.45) is 3.34. The Labute approximate surface area is 141 Å². The molecule has 2 fully saturated rings. The topological polar surface area (TPSA) is 47.6 Å². The van der Waals surface area contributed by atoms with Gasteiger partial charge in [-0.25, -0.2) is 0 Å². The molecule has 0 unspecified atom stereocenters. The van der Waals surface area contributed by atoms with Crippen molar-refractivity contribution in [3.05, 3.63) is 0 Å². The lowest BCUT2D eigenvalue weighted by Crippen LogP contribution is -2.47. The van der Waals surface area contributed by atoms with Gasteiger partial charge in [0.25, 0.3) is 0 Å². The van der Waals surface area contributed by atoms with E-state index in [0.29, 0.717) is 12.6 Å². The van der Waals surface area contributed by atoms with Gasteiger partial charge in [0.05, 0.1) is 6.54 Å². The maximum Gasteiger partial charge on any atom is 0.234 e. The first-order chi connectivity index (χ1) is 9.28. The molecule has 2 N–H and O–H groups in total. The summed E-state index contributed by atoms with van der Waals surface area (Å²) in [5.74, 6) is 0.205. The Hall–Kier alpha value is -0.0700. The average molecular weight is 341 g/mol. The summed E-state index contributed by atoms with van der Waals surface area (Å²) in [6.45, 7) is 10.2.